The highest BCUT2D eigenvalue weighted by Crippen LogP contribution is 2.31. The number of aromatic amines is 1. The molecule has 10 heteroatoms. The highest BCUT2D eigenvalue weighted by atomic mass is 19.4. The summed E-state index contributed by atoms with van der Waals surface area (Å²) in [4.78, 5) is 0. The number of aromatic nitrogens is 6. The lowest BCUT2D eigenvalue weighted by Gasteiger charge is -2.08. The summed E-state index contributed by atoms with van der Waals surface area (Å²) in [5.74, 6) is 0.279. The van der Waals surface area contributed by atoms with Gasteiger partial charge in [0.2, 0.25) is 0 Å². The first kappa shape index (κ1) is 13.1. The molecule has 0 aliphatic carbocycles. The Morgan fingerprint density at radius 2 is 2.05 bits per heavy atom. The van der Waals surface area contributed by atoms with Crippen LogP contribution in [-0.2, 0) is 6.18 Å². The minimum atomic E-state index is -4.46. The molecule has 0 fully saturated rings. The Labute approximate surface area is 115 Å². The van der Waals surface area contributed by atoms with E-state index in [0.29, 0.717) is 16.9 Å². The molecule has 3 rings (SSSR count). The van der Waals surface area contributed by atoms with Crippen molar-refractivity contribution in [3.8, 4) is 17.1 Å². The van der Waals surface area contributed by atoms with Crippen molar-refractivity contribution in [3.63, 3.8) is 0 Å². The minimum absolute atomic E-state index is 0.279. The fourth-order valence-corrected chi connectivity index (χ4v) is 1.82. The quantitative estimate of drug-likeness (QED) is 0.700. The van der Waals surface area contributed by atoms with Gasteiger partial charge in [0.05, 0.1) is 17.4 Å². The van der Waals surface area contributed by atoms with E-state index in [1.54, 1.807) is 18.2 Å². The van der Waals surface area contributed by atoms with Gasteiger partial charge in [-0.05, 0) is 28.6 Å². The van der Waals surface area contributed by atoms with Gasteiger partial charge in [0.25, 0.3) is 0 Å². The van der Waals surface area contributed by atoms with Gasteiger partial charge in [0.15, 0.2) is 5.82 Å². The summed E-state index contributed by atoms with van der Waals surface area (Å²) < 4.78 is 39.0. The minimum Gasteiger partial charge on any atom is -0.399 e. The third kappa shape index (κ3) is 2.42. The molecule has 0 bridgehead atoms. The first-order valence-electron chi connectivity index (χ1n) is 5.71. The molecular weight excluding hydrogens is 287 g/mol. The second-order valence-corrected chi connectivity index (χ2v) is 4.20. The van der Waals surface area contributed by atoms with Crippen LogP contribution in [0.25, 0.3) is 17.1 Å². The summed E-state index contributed by atoms with van der Waals surface area (Å²) >= 11 is 0. The van der Waals surface area contributed by atoms with Crippen LogP contribution in [0.2, 0.25) is 0 Å². The molecular formula is C11H8F3N7. The van der Waals surface area contributed by atoms with E-state index in [9.17, 15) is 13.2 Å². The van der Waals surface area contributed by atoms with Crippen molar-refractivity contribution >= 4 is 5.69 Å². The van der Waals surface area contributed by atoms with E-state index >= 15 is 0 Å². The van der Waals surface area contributed by atoms with Crippen molar-refractivity contribution in [3.05, 3.63) is 36.2 Å². The number of nitrogens with zero attached hydrogens (tertiary/aromatic N) is 5. The lowest BCUT2D eigenvalue weighted by molar-refractivity contribution is -0.137. The van der Waals surface area contributed by atoms with E-state index in [-0.39, 0.29) is 5.82 Å². The Kier molecular flexibility index (Phi) is 2.85. The maximum Gasteiger partial charge on any atom is 0.419 e. The number of H-pyrrole nitrogens is 1. The number of anilines is 1. The fourth-order valence-electron chi connectivity index (χ4n) is 1.82. The topological polar surface area (TPSA) is 98.3 Å². The van der Waals surface area contributed by atoms with E-state index in [1.165, 1.54) is 0 Å². The zero-order valence-electron chi connectivity index (χ0n) is 10.3. The third-order valence-electron chi connectivity index (χ3n) is 2.78. The number of hydrogen-bond acceptors (Lipinski definition) is 5. The first-order valence-corrected chi connectivity index (χ1v) is 5.71. The monoisotopic (exact) mass is 295 g/mol. The molecule has 3 aromatic rings. The molecule has 3 N–H and O–H groups in total. The summed E-state index contributed by atoms with van der Waals surface area (Å²) in [6, 6.07) is 4.64. The van der Waals surface area contributed by atoms with Crippen molar-refractivity contribution in [2.75, 3.05) is 5.73 Å². The zero-order valence-corrected chi connectivity index (χ0v) is 10.3. The summed E-state index contributed by atoms with van der Waals surface area (Å²) in [6.45, 7) is 0. The van der Waals surface area contributed by atoms with Crippen molar-refractivity contribution < 1.29 is 13.2 Å². The second kappa shape index (κ2) is 4.58. The third-order valence-corrected chi connectivity index (χ3v) is 2.78. The summed E-state index contributed by atoms with van der Waals surface area (Å²) in [5.41, 5.74) is 6.09. The van der Waals surface area contributed by atoms with Gasteiger partial charge >= 0.3 is 6.18 Å². The van der Waals surface area contributed by atoms with Crippen LogP contribution in [0.4, 0.5) is 18.9 Å². The van der Waals surface area contributed by atoms with E-state index in [0.717, 1.165) is 17.1 Å². The van der Waals surface area contributed by atoms with Crippen molar-refractivity contribution in [1.29, 1.82) is 0 Å². The molecule has 0 spiro atoms. The Hall–Kier alpha value is -2.91. The average molecular weight is 295 g/mol. The van der Waals surface area contributed by atoms with Crippen molar-refractivity contribution in [2.24, 2.45) is 0 Å². The number of nitrogens with one attached hydrogen (secondary N) is 1. The Morgan fingerprint density at radius 1 is 1.24 bits per heavy atom. The lowest BCUT2D eigenvalue weighted by Crippen LogP contribution is -2.03. The molecule has 1 aromatic carbocycles. The van der Waals surface area contributed by atoms with Crippen molar-refractivity contribution in [2.45, 2.75) is 6.18 Å². The van der Waals surface area contributed by atoms with Gasteiger partial charge < -0.3 is 5.73 Å². The standard InChI is InChI=1S/C11H8F3N7/c12-11(13,14)6-4-16-21(5-6)9-2-1-7(15)3-8(9)10-17-19-20-18-10/h1-5H,15H2,(H,17,18,19,20). The smallest absolute Gasteiger partial charge is 0.399 e. The molecule has 21 heavy (non-hydrogen) atoms. The van der Waals surface area contributed by atoms with Gasteiger partial charge in [-0.25, -0.2) is 9.78 Å². The fraction of sp³-hybridized carbons (Fsp3) is 0.0909. The maximum atomic E-state index is 12.6. The van der Waals surface area contributed by atoms with Crippen molar-refractivity contribution in [1.82, 2.24) is 30.4 Å². The molecule has 0 unspecified atom stereocenters. The summed E-state index contributed by atoms with van der Waals surface area (Å²) in [6.07, 6.45) is -2.82. The largest absolute Gasteiger partial charge is 0.419 e. The van der Waals surface area contributed by atoms with Gasteiger partial charge in [0, 0.05) is 17.4 Å². The molecule has 0 saturated carbocycles. The molecule has 0 aliphatic heterocycles. The molecule has 2 aromatic heterocycles. The van der Waals surface area contributed by atoms with Gasteiger partial charge in [-0.1, -0.05) is 0 Å². The molecule has 0 radical (unpaired) electrons. The average Bonchev–Trinajstić information content (AvgIpc) is 3.09. The van der Waals surface area contributed by atoms with Crippen LogP contribution in [-0.4, -0.2) is 30.4 Å². The van der Waals surface area contributed by atoms with Gasteiger partial charge in [0.1, 0.15) is 0 Å². The van der Waals surface area contributed by atoms with Crippen LogP contribution >= 0.6 is 0 Å². The Balaban J connectivity index is 2.13. The number of rotatable bonds is 2. The Morgan fingerprint density at radius 3 is 2.67 bits per heavy atom. The van der Waals surface area contributed by atoms with Gasteiger partial charge in [-0.15, -0.1) is 5.10 Å². The summed E-state index contributed by atoms with van der Waals surface area (Å²) in [7, 11) is 0. The van der Waals surface area contributed by atoms with Gasteiger partial charge in [-0.3, -0.25) is 0 Å². The molecule has 0 saturated heterocycles. The van der Waals surface area contributed by atoms with E-state index < -0.39 is 11.7 Å². The second-order valence-electron chi connectivity index (χ2n) is 4.20. The molecule has 0 aliphatic rings. The van der Waals surface area contributed by atoms with Crippen LogP contribution in [0.15, 0.2) is 30.6 Å². The Bertz CT molecular complexity index is 760. The number of benzene rings is 1. The number of tetrazole rings is 1. The summed E-state index contributed by atoms with van der Waals surface area (Å²) in [5, 5.41) is 16.9. The van der Waals surface area contributed by atoms with E-state index in [4.69, 9.17) is 5.73 Å². The van der Waals surface area contributed by atoms with E-state index in [1.807, 2.05) is 0 Å². The molecule has 0 atom stereocenters. The zero-order chi connectivity index (χ0) is 15.0. The van der Waals surface area contributed by atoms with Crippen LogP contribution < -0.4 is 5.73 Å². The molecule has 0 amide bonds. The van der Waals surface area contributed by atoms with Crippen LogP contribution in [0, 0.1) is 0 Å². The van der Waals surface area contributed by atoms with Crippen LogP contribution in [0.3, 0.4) is 0 Å². The van der Waals surface area contributed by atoms with Gasteiger partial charge in [-0.2, -0.15) is 18.3 Å². The molecule has 7 nitrogen and oxygen atoms in total. The first-order chi connectivity index (χ1) is 9.95. The highest BCUT2D eigenvalue weighted by molar-refractivity contribution is 5.71. The highest BCUT2D eigenvalue weighted by Gasteiger charge is 2.32. The van der Waals surface area contributed by atoms with Crippen LogP contribution in [0.5, 0.6) is 0 Å². The number of hydrogen-bond donors (Lipinski definition) is 2. The maximum absolute atomic E-state index is 12.6. The number of halogens is 3. The molecule has 108 valence electrons. The predicted molar refractivity (Wildman–Crippen MR) is 66.2 cm³/mol. The predicted octanol–water partition coefficient (Wildman–Crippen LogP) is 1.65. The normalized spacial score (nSPS) is 11.8. The number of nitrogens with two attached hydrogens (primary N) is 1. The van der Waals surface area contributed by atoms with Crippen LogP contribution in [0.1, 0.15) is 5.56 Å². The number of nitrogen functional groups attached to an aromatic ring is 1. The lowest BCUT2D eigenvalue weighted by atomic mass is 10.1. The SMILES string of the molecule is Nc1ccc(-n2cc(C(F)(F)F)cn2)c(-c2nnn[nH]2)c1. The number of alkyl halides is 3. The van der Waals surface area contributed by atoms with E-state index in [2.05, 4.69) is 25.7 Å². The molecule has 2 heterocycles.